The van der Waals surface area contributed by atoms with Crippen LogP contribution < -0.4 is 15.5 Å². The highest BCUT2D eigenvalue weighted by Gasteiger charge is 2.10. The van der Waals surface area contributed by atoms with Crippen molar-refractivity contribution in [2.75, 3.05) is 19.0 Å². The number of rotatable bonds is 8. The summed E-state index contributed by atoms with van der Waals surface area (Å²) in [7, 11) is 1.59. The maximum absolute atomic E-state index is 12.0. The van der Waals surface area contributed by atoms with Crippen LogP contribution in [0.5, 0.6) is 5.75 Å². The molecule has 0 unspecified atom stereocenters. The third-order valence-corrected chi connectivity index (χ3v) is 4.30. The average Bonchev–Trinajstić information content (AvgIpc) is 3.27. The molecule has 8 nitrogen and oxygen atoms in total. The van der Waals surface area contributed by atoms with Gasteiger partial charge in [-0.1, -0.05) is 24.3 Å². The molecule has 0 aliphatic heterocycles. The molecule has 1 amide bonds. The van der Waals surface area contributed by atoms with Crippen LogP contribution in [-0.4, -0.2) is 36.3 Å². The van der Waals surface area contributed by atoms with Crippen molar-refractivity contribution >= 4 is 23.3 Å². The van der Waals surface area contributed by atoms with E-state index < -0.39 is 5.97 Å². The summed E-state index contributed by atoms with van der Waals surface area (Å²) in [5.41, 5.74) is 5.50. The number of aromatic carboxylic acids is 1. The standard InChI is InChI=1S/C22H21N3O5/c1-14(24-25-21(26)13-23-17-7-9-18(29-2)10-8-17)15-3-5-16(6-4-15)19-11-12-20(30-19)22(27)28/h3-12,23H,13H2,1-2H3,(H,25,26)(H,27,28)/b24-14-. The van der Waals surface area contributed by atoms with Crippen LogP contribution in [0.25, 0.3) is 11.3 Å². The van der Waals surface area contributed by atoms with E-state index >= 15 is 0 Å². The Labute approximate surface area is 173 Å². The molecule has 0 saturated carbocycles. The van der Waals surface area contributed by atoms with Gasteiger partial charge in [0.1, 0.15) is 11.5 Å². The first-order valence-electron chi connectivity index (χ1n) is 9.11. The Balaban J connectivity index is 1.55. The third kappa shape index (κ3) is 5.26. The van der Waals surface area contributed by atoms with E-state index in [1.165, 1.54) is 6.07 Å². The lowest BCUT2D eigenvalue weighted by Crippen LogP contribution is -2.26. The second-order valence-corrected chi connectivity index (χ2v) is 6.36. The fourth-order valence-electron chi connectivity index (χ4n) is 2.63. The Hall–Kier alpha value is -4.07. The van der Waals surface area contributed by atoms with Gasteiger partial charge in [0.15, 0.2) is 0 Å². The molecule has 154 valence electrons. The number of hydrazone groups is 1. The van der Waals surface area contributed by atoms with Crippen molar-refractivity contribution in [1.29, 1.82) is 0 Å². The number of nitrogens with zero attached hydrogens (tertiary/aromatic N) is 1. The maximum atomic E-state index is 12.0. The lowest BCUT2D eigenvalue weighted by atomic mass is 10.1. The monoisotopic (exact) mass is 407 g/mol. The topological polar surface area (TPSA) is 113 Å². The first kappa shape index (κ1) is 20.7. The zero-order valence-corrected chi connectivity index (χ0v) is 16.5. The van der Waals surface area contributed by atoms with Crippen LogP contribution in [0.3, 0.4) is 0 Å². The van der Waals surface area contributed by atoms with Gasteiger partial charge in [-0.3, -0.25) is 4.79 Å². The van der Waals surface area contributed by atoms with Gasteiger partial charge in [-0.05, 0) is 48.9 Å². The van der Waals surface area contributed by atoms with Crippen LogP contribution in [0.15, 0.2) is 70.2 Å². The number of carboxylic acid groups (broad SMARTS) is 1. The Bertz CT molecular complexity index is 1050. The molecule has 0 atom stereocenters. The Kier molecular flexibility index (Phi) is 6.49. The van der Waals surface area contributed by atoms with Gasteiger partial charge >= 0.3 is 5.97 Å². The van der Waals surface area contributed by atoms with Gasteiger partial charge in [0, 0.05) is 11.3 Å². The molecule has 0 aliphatic carbocycles. The van der Waals surface area contributed by atoms with E-state index in [9.17, 15) is 9.59 Å². The summed E-state index contributed by atoms with van der Waals surface area (Å²) in [5, 5.41) is 16.1. The Morgan fingerprint density at radius 1 is 1.03 bits per heavy atom. The smallest absolute Gasteiger partial charge is 0.371 e. The fraction of sp³-hybridized carbons (Fsp3) is 0.136. The summed E-state index contributed by atoms with van der Waals surface area (Å²) < 4.78 is 10.4. The van der Waals surface area contributed by atoms with Crippen LogP contribution >= 0.6 is 0 Å². The molecule has 30 heavy (non-hydrogen) atoms. The highest BCUT2D eigenvalue weighted by molar-refractivity contribution is 5.99. The molecule has 0 radical (unpaired) electrons. The zero-order chi connectivity index (χ0) is 21.5. The largest absolute Gasteiger partial charge is 0.497 e. The summed E-state index contributed by atoms with van der Waals surface area (Å²) in [6.07, 6.45) is 0. The van der Waals surface area contributed by atoms with Gasteiger partial charge in [0.25, 0.3) is 5.91 Å². The second-order valence-electron chi connectivity index (χ2n) is 6.36. The molecule has 3 rings (SSSR count). The summed E-state index contributed by atoms with van der Waals surface area (Å²) >= 11 is 0. The Morgan fingerprint density at radius 2 is 1.73 bits per heavy atom. The number of anilines is 1. The summed E-state index contributed by atoms with van der Waals surface area (Å²) in [6, 6.07) is 17.5. The van der Waals surface area contributed by atoms with Crippen LogP contribution in [0.2, 0.25) is 0 Å². The number of carboxylic acids is 1. The third-order valence-electron chi connectivity index (χ3n) is 4.30. The van der Waals surface area contributed by atoms with Crippen molar-refractivity contribution in [3.8, 4) is 17.1 Å². The number of carbonyl (C=O) groups is 2. The van der Waals surface area contributed by atoms with E-state index in [4.69, 9.17) is 14.3 Å². The number of carbonyl (C=O) groups excluding carboxylic acids is 1. The van der Waals surface area contributed by atoms with Crippen molar-refractivity contribution in [2.45, 2.75) is 6.92 Å². The van der Waals surface area contributed by atoms with E-state index in [0.717, 1.165) is 22.6 Å². The predicted molar refractivity (Wildman–Crippen MR) is 113 cm³/mol. The number of hydrogen-bond acceptors (Lipinski definition) is 6. The molecule has 3 N–H and O–H groups in total. The minimum Gasteiger partial charge on any atom is -0.497 e. The fourth-order valence-corrected chi connectivity index (χ4v) is 2.63. The van der Waals surface area contributed by atoms with Gasteiger partial charge in [0.05, 0.1) is 19.4 Å². The number of ether oxygens (including phenoxy) is 1. The van der Waals surface area contributed by atoms with Crippen molar-refractivity contribution in [3.05, 3.63) is 72.0 Å². The molecule has 1 heterocycles. The highest BCUT2D eigenvalue weighted by atomic mass is 16.5. The maximum Gasteiger partial charge on any atom is 0.371 e. The van der Waals surface area contributed by atoms with E-state index in [1.807, 2.05) is 24.3 Å². The lowest BCUT2D eigenvalue weighted by molar-refractivity contribution is -0.119. The molecule has 2 aromatic carbocycles. The number of methoxy groups -OCH3 is 1. The molecular formula is C22H21N3O5. The first-order chi connectivity index (χ1) is 14.5. The van der Waals surface area contributed by atoms with Crippen LogP contribution in [0, 0.1) is 0 Å². The normalized spacial score (nSPS) is 11.1. The van der Waals surface area contributed by atoms with E-state index in [1.54, 1.807) is 44.4 Å². The van der Waals surface area contributed by atoms with E-state index in [-0.39, 0.29) is 18.2 Å². The van der Waals surface area contributed by atoms with Crippen LogP contribution in [-0.2, 0) is 4.79 Å². The molecular weight excluding hydrogens is 386 g/mol. The molecule has 0 fully saturated rings. The number of furan rings is 1. The number of nitrogens with one attached hydrogen (secondary N) is 2. The molecule has 8 heteroatoms. The van der Waals surface area contributed by atoms with Crippen LogP contribution in [0.4, 0.5) is 5.69 Å². The highest BCUT2D eigenvalue weighted by Crippen LogP contribution is 2.23. The molecule has 0 saturated heterocycles. The summed E-state index contributed by atoms with van der Waals surface area (Å²) in [4.78, 5) is 22.9. The van der Waals surface area contributed by atoms with Crippen LogP contribution in [0.1, 0.15) is 23.0 Å². The number of hydrogen-bond donors (Lipinski definition) is 3. The van der Waals surface area contributed by atoms with Gasteiger partial charge in [0.2, 0.25) is 5.76 Å². The SMILES string of the molecule is COc1ccc(NCC(=O)N/N=C(/C)c2ccc(-c3ccc(C(=O)O)o3)cc2)cc1. The van der Waals surface area contributed by atoms with Crippen molar-refractivity contribution in [3.63, 3.8) is 0 Å². The molecule has 0 bridgehead atoms. The summed E-state index contributed by atoms with van der Waals surface area (Å²) in [6.45, 7) is 1.86. The molecule has 0 spiro atoms. The minimum absolute atomic E-state index is 0.0758. The zero-order valence-electron chi connectivity index (χ0n) is 16.5. The molecule has 1 aromatic heterocycles. The van der Waals surface area contributed by atoms with Crippen molar-refractivity contribution < 1.29 is 23.8 Å². The van der Waals surface area contributed by atoms with E-state index in [0.29, 0.717) is 11.5 Å². The van der Waals surface area contributed by atoms with Crippen molar-refractivity contribution in [1.82, 2.24) is 5.43 Å². The first-order valence-corrected chi connectivity index (χ1v) is 9.11. The molecule has 0 aliphatic rings. The molecule has 3 aromatic rings. The quantitative estimate of drug-likeness (QED) is 0.388. The lowest BCUT2D eigenvalue weighted by Gasteiger charge is -2.07. The van der Waals surface area contributed by atoms with Gasteiger partial charge in [-0.15, -0.1) is 0 Å². The Morgan fingerprint density at radius 3 is 2.33 bits per heavy atom. The van der Waals surface area contributed by atoms with Gasteiger partial charge in [-0.2, -0.15) is 5.10 Å². The summed E-state index contributed by atoms with van der Waals surface area (Å²) in [5.74, 6) is -0.300. The van der Waals surface area contributed by atoms with Crippen molar-refractivity contribution in [2.24, 2.45) is 5.10 Å². The minimum atomic E-state index is -1.11. The average molecular weight is 407 g/mol. The number of amides is 1. The van der Waals surface area contributed by atoms with Gasteiger partial charge < -0.3 is 19.6 Å². The van der Waals surface area contributed by atoms with E-state index in [2.05, 4.69) is 15.8 Å². The second kappa shape index (κ2) is 9.42. The predicted octanol–water partition coefficient (Wildman–Crippen LogP) is 3.61. The van der Waals surface area contributed by atoms with Gasteiger partial charge in [-0.25, -0.2) is 10.2 Å². The number of benzene rings is 2.